The van der Waals surface area contributed by atoms with Gasteiger partial charge >= 0.3 is 0 Å². The highest BCUT2D eigenvalue weighted by Gasteiger charge is 2.30. The second-order valence-corrected chi connectivity index (χ2v) is 7.04. The highest BCUT2D eigenvalue weighted by molar-refractivity contribution is 7.89. The highest BCUT2D eigenvalue weighted by Crippen LogP contribution is 2.29. The van der Waals surface area contributed by atoms with Gasteiger partial charge in [-0.05, 0) is 17.7 Å². The van der Waals surface area contributed by atoms with Gasteiger partial charge in [0.1, 0.15) is 0 Å². The number of hydrogen-bond donors (Lipinski definition) is 2. The van der Waals surface area contributed by atoms with Crippen LogP contribution in [0.4, 0.5) is 0 Å². The van der Waals surface area contributed by atoms with Crippen molar-refractivity contribution in [1.29, 1.82) is 0 Å². The third-order valence-corrected chi connectivity index (χ3v) is 5.72. The minimum Gasteiger partial charge on any atom is -0.358 e. The van der Waals surface area contributed by atoms with Gasteiger partial charge in [-0.2, -0.15) is 9.40 Å². The molecule has 0 amide bonds. The largest absolute Gasteiger partial charge is 0.358 e. The Morgan fingerprint density at radius 2 is 2.05 bits per heavy atom. The summed E-state index contributed by atoms with van der Waals surface area (Å²) in [6.07, 6.45) is 2.14. The second-order valence-electron chi connectivity index (χ2n) is 5.14. The van der Waals surface area contributed by atoms with Crippen LogP contribution in [0.25, 0.3) is 10.9 Å². The van der Waals surface area contributed by atoms with E-state index < -0.39 is 10.0 Å². The van der Waals surface area contributed by atoms with Gasteiger partial charge in [0.2, 0.25) is 0 Å². The maximum Gasteiger partial charge on any atom is 0.260 e. The minimum atomic E-state index is -3.51. The van der Waals surface area contributed by atoms with Crippen LogP contribution in [-0.2, 0) is 23.0 Å². The fourth-order valence-corrected chi connectivity index (χ4v) is 4.18. The standard InChI is InChI=1S/C14H14N4O2S/c19-21(20,14-5-7-15-17-14)18-8-6-13-11(9-18)10-3-1-2-4-12(10)16-13/h1-5,7,16H,6,8-9H2,(H,15,17). The van der Waals surface area contributed by atoms with E-state index in [1.54, 1.807) is 0 Å². The topological polar surface area (TPSA) is 81.8 Å². The lowest BCUT2D eigenvalue weighted by atomic mass is 10.1. The lowest BCUT2D eigenvalue weighted by Crippen LogP contribution is -2.36. The molecule has 4 rings (SSSR count). The summed E-state index contributed by atoms with van der Waals surface area (Å²) in [5.41, 5.74) is 3.26. The van der Waals surface area contributed by atoms with Crippen molar-refractivity contribution in [2.45, 2.75) is 18.0 Å². The van der Waals surface area contributed by atoms with Gasteiger partial charge in [0.05, 0.1) is 6.20 Å². The molecule has 0 fully saturated rings. The van der Waals surface area contributed by atoms with Gasteiger partial charge in [0.25, 0.3) is 10.0 Å². The Kier molecular flexibility index (Phi) is 2.66. The van der Waals surface area contributed by atoms with E-state index >= 15 is 0 Å². The van der Waals surface area contributed by atoms with Crippen LogP contribution in [0, 0.1) is 0 Å². The van der Waals surface area contributed by atoms with E-state index in [1.807, 2.05) is 24.3 Å². The first-order valence-corrected chi connectivity index (χ1v) is 8.18. The molecule has 2 N–H and O–H groups in total. The van der Waals surface area contributed by atoms with Gasteiger partial charge in [-0.3, -0.25) is 5.10 Å². The van der Waals surface area contributed by atoms with Crippen LogP contribution in [0.15, 0.2) is 41.6 Å². The van der Waals surface area contributed by atoms with E-state index in [0.717, 1.165) is 22.2 Å². The van der Waals surface area contributed by atoms with Crippen molar-refractivity contribution in [1.82, 2.24) is 19.5 Å². The highest BCUT2D eigenvalue weighted by atomic mass is 32.2. The molecule has 0 saturated heterocycles. The second kappa shape index (κ2) is 4.44. The summed E-state index contributed by atoms with van der Waals surface area (Å²) in [5, 5.41) is 7.51. The van der Waals surface area contributed by atoms with E-state index in [1.165, 1.54) is 16.6 Å². The number of sulfonamides is 1. The number of benzene rings is 1. The molecule has 108 valence electrons. The molecule has 6 nitrogen and oxygen atoms in total. The van der Waals surface area contributed by atoms with Gasteiger partial charge in [-0.15, -0.1) is 0 Å². The molecule has 2 aromatic heterocycles. The Labute approximate surface area is 121 Å². The van der Waals surface area contributed by atoms with Gasteiger partial charge in [0.15, 0.2) is 5.03 Å². The molecular formula is C14H14N4O2S. The van der Waals surface area contributed by atoms with Crippen LogP contribution in [-0.4, -0.2) is 34.4 Å². The van der Waals surface area contributed by atoms with Crippen molar-refractivity contribution >= 4 is 20.9 Å². The lowest BCUT2D eigenvalue weighted by Gasteiger charge is -2.25. The fourth-order valence-electron chi connectivity index (χ4n) is 2.87. The monoisotopic (exact) mass is 302 g/mol. The van der Waals surface area contributed by atoms with Crippen LogP contribution in [0.3, 0.4) is 0 Å². The predicted molar refractivity (Wildman–Crippen MR) is 78.2 cm³/mol. The smallest absolute Gasteiger partial charge is 0.260 e. The number of nitrogens with one attached hydrogen (secondary N) is 2. The summed E-state index contributed by atoms with van der Waals surface area (Å²) in [4.78, 5) is 3.38. The average molecular weight is 302 g/mol. The summed E-state index contributed by atoms with van der Waals surface area (Å²) in [5.74, 6) is 0. The SMILES string of the molecule is O=S(=O)(c1ccn[nH]1)N1CCc2[nH]c3ccccc3c2C1. The number of fused-ring (bicyclic) bond motifs is 3. The molecule has 0 spiro atoms. The van der Waals surface area contributed by atoms with Crippen molar-refractivity contribution in [3.63, 3.8) is 0 Å². The summed E-state index contributed by atoms with van der Waals surface area (Å²) in [7, 11) is -3.51. The normalized spacial score (nSPS) is 16.2. The van der Waals surface area contributed by atoms with E-state index in [0.29, 0.717) is 19.5 Å². The number of aromatic amines is 2. The molecule has 0 radical (unpaired) electrons. The molecule has 1 aromatic carbocycles. The summed E-state index contributed by atoms with van der Waals surface area (Å²) in [6.45, 7) is 0.863. The Morgan fingerprint density at radius 1 is 1.19 bits per heavy atom. The van der Waals surface area contributed by atoms with E-state index in [-0.39, 0.29) is 5.03 Å². The summed E-state index contributed by atoms with van der Waals surface area (Å²) in [6, 6.07) is 9.47. The zero-order valence-electron chi connectivity index (χ0n) is 11.2. The first-order valence-electron chi connectivity index (χ1n) is 6.74. The summed E-state index contributed by atoms with van der Waals surface area (Å²) < 4.78 is 26.6. The van der Waals surface area contributed by atoms with Crippen molar-refractivity contribution in [3.05, 3.63) is 47.8 Å². The van der Waals surface area contributed by atoms with Gasteiger partial charge in [-0.25, -0.2) is 8.42 Å². The predicted octanol–water partition coefficient (Wildman–Crippen LogP) is 1.64. The van der Waals surface area contributed by atoms with Crippen molar-refractivity contribution in [3.8, 4) is 0 Å². The number of para-hydroxylation sites is 1. The van der Waals surface area contributed by atoms with Crippen LogP contribution in [0.5, 0.6) is 0 Å². The molecule has 1 aliphatic rings. The molecule has 0 unspecified atom stereocenters. The molecule has 3 heterocycles. The van der Waals surface area contributed by atoms with Crippen LogP contribution >= 0.6 is 0 Å². The first kappa shape index (κ1) is 12.6. The minimum absolute atomic E-state index is 0.144. The fraction of sp³-hybridized carbons (Fsp3) is 0.214. The van der Waals surface area contributed by atoms with Crippen LogP contribution in [0.2, 0.25) is 0 Å². The number of aromatic nitrogens is 3. The molecule has 0 saturated carbocycles. The Balaban J connectivity index is 1.77. The molecule has 7 heteroatoms. The van der Waals surface area contributed by atoms with Crippen LogP contribution in [0.1, 0.15) is 11.3 Å². The molecule has 1 aliphatic heterocycles. The maximum absolute atomic E-state index is 12.6. The number of hydrogen-bond acceptors (Lipinski definition) is 3. The lowest BCUT2D eigenvalue weighted by molar-refractivity contribution is 0.389. The van der Waals surface area contributed by atoms with Crippen LogP contribution < -0.4 is 0 Å². The number of H-pyrrole nitrogens is 2. The zero-order chi connectivity index (χ0) is 14.4. The molecule has 21 heavy (non-hydrogen) atoms. The van der Waals surface area contributed by atoms with E-state index in [2.05, 4.69) is 15.2 Å². The number of nitrogens with zero attached hydrogens (tertiary/aromatic N) is 2. The van der Waals surface area contributed by atoms with E-state index in [9.17, 15) is 8.42 Å². The quantitative estimate of drug-likeness (QED) is 0.755. The Bertz CT molecular complexity index is 896. The van der Waals surface area contributed by atoms with Gasteiger partial charge < -0.3 is 4.98 Å². The third-order valence-electron chi connectivity index (χ3n) is 3.94. The molecular weight excluding hydrogens is 288 g/mol. The van der Waals surface area contributed by atoms with Crippen molar-refractivity contribution in [2.24, 2.45) is 0 Å². The number of rotatable bonds is 2. The van der Waals surface area contributed by atoms with Crippen molar-refractivity contribution < 1.29 is 8.42 Å². The zero-order valence-corrected chi connectivity index (χ0v) is 12.0. The van der Waals surface area contributed by atoms with E-state index in [4.69, 9.17) is 0 Å². The van der Waals surface area contributed by atoms with Gasteiger partial charge in [0, 0.05) is 36.1 Å². The van der Waals surface area contributed by atoms with Crippen molar-refractivity contribution in [2.75, 3.05) is 6.54 Å². The molecule has 3 aromatic rings. The maximum atomic E-state index is 12.6. The summed E-state index contributed by atoms with van der Waals surface area (Å²) >= 11 is 0. The Morgan fingerprint density at radius 3 is 2.86 bits per heavy atom. The first-order chi connectivity index (χ1) is 10.2. The molecule has 0 atom stereocenters. The average Bonchev–Trinajstić information content (AvgIpc) is 3.14. The molecule has 0 aliphatic carbocycles. The third kappa shape index (κ3) is 1.89. The van der Waals surface area contributed by atoms with Gasteiger partial charge in [-0.1, -0.05) is 18.2 Å². The molecule has 0 bridgehead atoms. The Hall–Kier alpha value is -2.12.